The molecule has 2 heterocycles. The lowest BCUT2D eigenvalue weighted by Crippen LogP contribution is -2.68. The molecule has 198 valence electrons. The van der Waals surface area contributed by atoms with E-state index in [9.17, 15) is 34.8 Å². The summed E-state index contributed by atoms with van der Waals surface area (Å²) in [5.41, 5.74) is 0.0305. The number of carbonyl (C=O) groups is 3. The van der Waals surface area contributed by atoms with Crippen LogP contribution in [-0.4, -0.2) is 68.5 Å². The van der Waals surface area contributed by atoms with Gasteiger partial charge in [0.1, 0.15) is 22.9 Å². The molecule has 6 atom stereocenters. The second-order valence-corrected chi connectivity index (χ2v) is 11.4. The van der Waals surface area contributed by atoms with Crippen LogP contribution in [0.1, 0.15) is 40.4 Å². The van der Waals surface area contributed by atoms with Crippen LogP contribution in [0.3, 0.4) is 0 Å². The minimum Gasteiger partial charge on any atom is -0.511 e. The maximum atomic E-state index is 16.3. The molecule has 2 aliphatic heterocycles. The van der Waals surface area contributed by atoms with E-state index in [1.54, 1.807) is 0 Å². The maximum absolute atomic E-state index is 16.3. The summed E-state index contributed by atoms with van der Waals surface area (Å²) in [6, 6.07) is -0.262. The lowest BCUT2D eigenvalue weighted by atomic mass is 9.45. The average Bonchev–Trinajstić information content (AvgIpc) is 3.23. The Morgan fingerprint density at radius 1 is 1.26 bits per heavy atom. The monoisotopic (exact) mass is 523 g/mol. The van der Waals surface area contributed by atoms with E-state index >= 15 is 4.39 Å². The molecule has 7 N–H and O–H groups in total. The van der Waals surface area contributed by atoms with Crippen molar-refractivity contribution < 1.29 is 39.2 Å². The van der Waals surface area contributed by atoms with Crippen molar-refractivity contribution in [1.82, 2.24) is 4.90 Å². The summed E-state index contributed by atoms with van der Waals surface area (Å²) in [6.45, 7) is 1.26. The van der Waals surface area contributed by atoms with Gasteiger partial charge in [0.05, 0.1) is 11.3 Å². The summed E-state index contributed by atoms with van der Waals surface area (Å²) < 4.78 is 16.3. The number of Topliss-reactive ketones (excluding diaryl/α,β-unsaturated/α-hetero) is 2. The molecule has 1 spiro atoms. The van der Waals surface area contributed by atoms with Crippen molar-refractivity contribution in [3.63, 3.8) is 0 Å². The molecule has 11 heteroatoms. The van der Waals surface area contributed by atoms with E-state index < -0.39 is 69.0 Å². The molecule has 1 aromatic carbocycles. The fourth-order valence-electron chi connectivity index (χ4n) is 8.02. The Morgan fingerprint density at radius 3 is 2.66 bits per heavy atom. The lowest BCUT2D eigenvalue weighted by Gasteiger charge is -2.59. The van der Waals surface area contributed by atoms with Gasteiger partial charge in [-0.05, 0) is 44.7 Å². The third-order valence-electron chi connectivity index (χ3n) is 9.84. The van der Waals surface area contributed by atoms with Gasteiger partial charge in [-0.3, -0.25) is 19.3 Å². The first-order valence-electron chi connectivity index (χ1n) is 12.6. The second-order valence-electron chi connectivity index (χ2n) is 11.4. The van der Waals surface area contributed by atoms with Crippen LogP contribution in [0.15, 0.2) is 34.8 Å². The first-order chi connectivity index (χ1) is 18.0. The highest BCUT2D eigenvalue weighted by Gasteiger charge is 2.72. The van der Waals surface area contributed by atoms with Crippen LogP contribution in [0, 0.1) is 29.0 Å². The Hall–Kier alpha value is -3.70. The highest BCUT2D eigenvalue weighted by atomic mass is 19.1. The zero-order valence-electron chi connectivity index (χ0n) is 20.4. The predicted octanol–water partition coefficient (Wildman–Crippen LogP) is 1.30. The summed E-state index contributed by atoms with van der Waals surface area (Å²) in [5.74, 6) is -7.75. The first kappa shape index (κ1) is 23.4. The minimum atomic E-state index is -2.73. The molecule has 0 aromatic heterocycles. The quantitative estimate of drug-likeness (QED) is 0.180. The molecule has 4 aliphatic carbocycles. The largest absolute Gasteiger partial charge is 0.511 e. The van der Waals surface area contributed by atoms with Gasteiger partial charge in [-0.1, -0.05) is 12.2 Å². The number of rotatable bonds is 1. The molecule has 6 aliphatic rings. The Bertz CT molecular complexity index is 1510. The maximum Gasteiger partial charge on any atom is 0.255 e. The van der Waals surface area contributed by atoms with Gasteiger partial charge < -0.3 is 31.5 Å². The summed E-state index contributed by atoms with van der Waals surface area (Å²) >= 11 is 0. The van der Waals surface area contributed by atoms with E-state index in [0.29, 0.717) is 12.1 Å². The number of aliphatic hydroxyl groups is 3. The number of anilines is 1. The zero-order valence-corrected chi connectivity index (χ0v) is 20.4. The fourth-order valence-corrected chi connectivity index (χ4v) is 8.02. The lowest BCUT2D eigenvalue weighted by molar-refractivity contribution is -0.159. The van der Waals surface area contributed by atoms with Crippen LogP contribution < -0.4 is 11.1 Å². The molecule has 0 bridgehead atoms. The second kappa shape index (κ2) is 7.03. The molecule has 7 rings (SSSR count). The number of aliphatic hydroxyl groups excluding tert-OH is 2. The number of amides is 1. The van der Waals surface area contributed by atoms with E-state index in [1.807, 2.05) is 11.9 Å². The molecule has 1 saturated heterocycles. The highest BCUT2D eigenvalue weighted by Crippen LogP contribution is 2.65. The van der Waals surface area contributed by atoms with E-state index in [1.165, 1.54) is 12.2 Å². The van der Waals surface area contributed by atoms with Crippen LogP contribution in [0.4, 0.5) is 10.1 Å². The molecule has 1 aromatic rings. The number of nitrogens with zero attached hydrogens (tertiary/aromatic N) is 1. The van der Waals surface area contributed by atoms with Crippen molar-refractivity contribution in [3.8, 4) is 5.75 Å². The number of aromatic hydroxyl groups is 1. The van der Waals surface area contributed by atoms with Gasteiger partial charge in [-0.2, -0.15) is 0 Å². The van der Waals surface area contributed by atoms with Crippen LogP contribution in [-0.2, 0) is 16.0 Å². The number of fused-ring (bicyclic) bond motifs is 5. The average molecular weight is 524 g/mol. The summed E-state index contributed by atoms with van der Waals surface area (Å²) in [7, 11) is 1.89. The first-order valence-corrected chi connectivity index (χ1v) is 12.6. The molecule has 1 amide bonds. The molecular formula is C27H26FN3O7. The van der Waals surface area contributed by atoms with Crippen molar-refractivity contribution in [3.05, 3.63) is 57.3 Å². The van der Waals surface area contributed by atoms with Gasteiger partial charge in [0.15, 0.2) is 17.1 Å². The minimum absolute atomic E-state index is 0.0250. The molecule has 0 saturated carbocycles. The van der Waals surface area contributed by atoms with Gasteiger partial charge in [-0.25, -0.2) is 4.39 Å². The number of hydrogen-bond acceptors (Lipinski definition) is 9. The summed E-state index contributed by atoms with van der Waals surface area (Å²) in [6.07, 6.45) is 3.66. The van der Waals surface area contributed by atoms with Crippen LogP contribution in [0.5, 0.6) is 5.75 Å². The number of ketones is 2. The number of nitrogens with one attached hydrogen (secondary N) is 1. The van der Waals surface area contributed by atoms with Gasteiger partial charge in [-0.15, -0.1) is 0 Å². The predicted molar refractivity (Wildman–Crippen MR) is 130 cm³/mol. The third-order valence-corrected chi connectivity index (χ3v) is 9.84. The molecule has 1 fully saturated rings. The smallest absolute Gasteiger partial charge is 0.255 e. The highest BCUT2D eigenvalue weighted by molar-refractivity contribution is 6.25. The standard InChI is InChI=1S/C27H26FN3O7/c1-31-5-3-9-8-30-18-15(19(9)31)17(28)11-6-10-7-26-4-2-12(26)20(32)16(25(29)37)24(36)27(26,38)23(35)13(10)21(33)14(11)22(18)34/h2,4,9-10,12,19,30,32,34-35,38H,3,5-8H2,1H3,(H2,29,37)/t9?,10-,12+,19?,26-,27-/m0/s1. The SMILES string of the molecule is CN1CCC2CNc3c(O)c4c(c(F)c3C21)C[C@H]1C[C@@]23C=C[C@@H]2C(O)=C(C(N)=O)C(=O)[C@@]3(O)C(O)=C1C4=O. The Kier molecular flexibility index (Phi) is 4.33. The molecule has 2 unspecified atom stereocenters. The third kappa shape index (κ3) is 2.34. The number of allylic oxidation sites excluding steroid dienone is 2. The van der Waals surface area contributed by atoms with Crippen molar-refractivity contribution in [2.24, 2.45) is 28.9 Å². The number of halogens is 1. The molecular weight excluding hydrogens is 497 g/mol. The number of benzene rings is 1. The van der Waals surface area contributed by atoms with Crippen molar-refractivity contribution in [2.45, 2.75) is 30.9 Å². The van der Waals surface area contributed by atoms with Gasteiger partial charge in [0.25, 0.3) is 5.91 Å². The Balaban J connectivity index is 1.44. The number of hydrogen-bond donors (Lipinski definition) is 6. The zero-order chi connectivity index (χ0) is 27.0. The van der Waals surface area contributed by atoms with Crippen LogP contribution >= 0.6 is 0 Å². The van der Waals surface area contributed by atoms with E-state index in [2.05, 4.69) is 5.32 Å². The number of nitrogens with two attached hydrogens (primary N) is 1. The van der Waals surface area contributed by atoms with Crippen molar-refractivity contribution >= 4 is 23.2 Å². The number of carbonyl (C=O) groups excluding carboxylic acids is 3. The number of primary amides is 1. The molecule has 10 nitrogen and oxygen atoms in total. The van der Waals surface area contributed by atoms with Crippen LogP contribution in [0.25, 0.3) is 0 Å². The summed E-state index contributed by atoms with van der Waals surface area (Å²) in [5, 5.41) is 48.1. The van der Waals surface area contributed by atoms with E-state index in [-0.39, 0.29) is 47.2 Å². The topological polar surface area (TPSA) is 173 Å². The Labute approximate surface area is 215 Å². The Morgan fingerprint density at radius 2 is 2.00 bits per heavy atom. The van der Waals surface area contributed by atoms with E-state index in [4.69, 9.17) is 5.73 Å². The van der Waals surface area contributed by atoms with Gasteiger partial charge in [0, 0.05) is 40.6 Å². The number of phenols is 1. The molecule has 38 heavy (non-hydrogen) atoms. The number of phenolic OH excluding ortho intramolecular Hbond substituents is 1. The van der Waals surface area contributed by atoms with Crippen molar-refractivity contribution in [2.75, 3.05) is 25.5 Å². The normalized spacial score (nSPS) is 36.9. The fraction of sp³-hybridized carbons (Fsp3) is 0.444. The van der Waals surface area contributed by atoms with Crippen LogP contribution in [0.2, 0.25) is 0 Å². The molecule has 0 radical (unpaired) electrons. The number of likely N-dealkylation sites (tertiary alicyclic amines) is 1. The van der Waals surface area contributed by atoms with Crippen molar-refractivity contribution in [1.29, 1.82) is 0 Å². The van der Waals surface area contributed by atoms with Gasteiger partial charge >= 0.3 is 0 Å². The summed E-state index contributed by atoms with van der Waals surface area (Å²) in [4.78, 5) is 41.2. The van der Waals surface area contributed by atoms with Gasteiger partial charge in [0.2, 0.25) is 5.78 Å². The van der Waals surface area contributed by atoms with E-state index in [0.717, 1.165) is 13.0 Å².